The highest BCUT2D eigenvalue weighted by Gasteiger charge is 2.21. The first-order valence-corrected chi connectivity index (χ1v) is 8.17. The average Bonchev–Trinajstić information content (AvgIpc) is 2.90. The summed E-state index contributed by atoms with van der Waals surface area (Å²) in [6.07, 6.45) is 1.84. The van der Waals surface area contributed by atoms with Gasteiger partial charge >= 0.3 is 6.09 Å². The fraction of sp³-hybridized carbons (Fsp3) is 0.533. The number of carbonyl (C=O) groups is 1. The Labute approximate surface area is 130 Å². The minimum absolute atomic E-state index is 0.200. The van der Waals surface area contributed by atoms with Gasteiger partial charge in [0, 0.05) is 24.5 Å². The molecule has 6 heteroatoms. The predicted octanol–water partition coefficient (Wildman–Crippen LogP) is 2.30. The lowest BCUT2D eigenvalue weighted by molar-refractivity contribution is 0.155. The first kappa shape index (κ1) is 16.0. The lowest BCUT2D eigenvalue weighted by Gasteiger charge is -2.20. The second-order valence-corrected chi connectivity index (χ2v) is 5.88. The lowest BCUT2D eigenvalue weighted by atomic mass is 10.2. The highest BCUT2D eigenvalue weighted by atomic mass is 32.2. The Hall–Kier alpha value is -1.40. The van der Waals surface area contributed by atoms with Crippen LogP contribution in [0.5, 0.6) is 5.75 Å². The molecule has 0 radical (unpaired) electrons. The molecule has 1 aromatic carbocycles. The van der Waals surface area contributed by atoms with Gasteiger partial charge in [-0.2, -0.15) is 0 Å². The van der Waals surface area contributed by atoms with Gasteiger partial charge < -0.3 is 19.3 Å². The molecule has 2 rings (SSSR count). The van der Waals surface area contributed by atoms with E-state index in [0.717, 1.165) is 23.7 Å². The Kier molecular flexibility index (Phi) is 5.76. The molecule has 0 unspecified atom stereocenters. The second kappa shape index (κ2) is 7.56. The van der Waals surface area contributed by atoms with Gasteiger partial charge in [0.05, 0.1) is 13.7 Å². The van der Waals surface area contributed by atoms with Gasteiger partial charge in [-0.1, -0.05) is 6.07 Å². The molecule has 0 spiro atoms. The van der Waals surface area contributed by atoms with Gasteiger partial charge in [-0.05, 0) is 31.0 Å². The maximum absolute atomic E-state index is 11.4. The average molecular weight is 310 g/mol. The zero-order valence-electron chi connectivity index (χ0n) is 12.8. The molecule has 21 heavy (non-hydrogen) atoms. The van der Waals surface area contributed by atoms with E-state index in [2.05, 4.69) is 30.1 Å². The number of methoxy groups -OCH3 is 1. The zero-order chi connectivity index (χ0) is 15.2. The summed E-state index contributed by atoms with van der Waals surface area (Å²) in [5, 5.41) is 0. The van der Waals surface area contributed by atoms with Gasteiger partial charge in [0.25, 0.3) is 0 Å². The standard InChI is InChI=1S/C15H22N2O3S/c1-16(6-7-17-8-9-20-15(17)18)11-12-4-5-14(21-3)13(10-12)19-2/h4-5,10H,6-9,11H2,1-3H3. The molecule has 1 heterocycles. The van der Waals surface area contributed by atoms with Crippen LogP contribution in [0, 0.1) is 0 Å². The van der Waals surface area contributed by atoms with E-state index in [1.165, 1.54) is 5.56 Å². The van der Waals surface area contributed by atoms with Crippen LogP contribution in [0.3, 0.4) is 0 Å². The Bertz CT molecular complexity index is 496. The van der Waals surface area contributed by atoms with E-state index in [0.29, 0.717) is 19.7 Å². The van der Waals surface area contributed by atoms with Gasteiger partial charge in [-0.25, -0.2) is 4.79 Å². The van der Waals surface area contributed by atoms with Crippen molar-refractivity contribution in [3.05, 3.63) is 23.8 Å². The second-order valence-electron chi connectivity index (χ2n) is 5.03. The summed E-state index contributed by atoms with van der Waals surface area (Å²) >= 11 is 1.68. The molecule has 1 amide bonds. The number of hydrogen-bond acceptors (Lipinski definition) is 5. The Balaban J connectivity index is 1.87. The number of carbonyl (C=O) groups excluding carboxylic acids is 1. The van der Waals surface area contributed by atoms with Crippen LogP contribution in [0.4, 0.5) is 4.79 Å². The minimum atomic E-state index is -0.200. The van der Waals surface area contributed by atoms with Crippen LogP contribution in [0.2, 0.25) is 0 Å². The summed E-state index contributed by atoms with van der Waals surface area (Å²) in [5.74, 6) is 0.913. The third kappa shape index (κ3) is 4.28. The van der Waals surface area contributed by atoms with E-state index in [1.807, 2.05) is 6.26 Å². The van der Waals surface area contributed by atoms with E-state index in [9.17, 15) is 4.79 Å². The number of benzene rings is 1. The number of ether oxygens (including phenoxy) is 2. The summed E-state index contributed by atoms with van der Waals surface area (Å²) in [4.78, 5) is 16.4. The topological polar surface area (TPSA) is 42.0 Å². The summed E-state index contributed by atoms with van der Waals surface area (Å²) < 4.78 is 10.3. The van der Waals surface area contributed by atoms with Crippen LogP contribution >= 0.6 is 11.8 Å². The SMILES string of the molecule is COc1cc(CN(C)CCN2CCOC2=O)ccc1SC. The molecule has 0 N–H and O–H groups in total. The molecular weight excluding hydrogens is 288 g/mol. The van der Waals surface area contributed by atoms with Crippen molar-refractivity contribution in [1.29, 1.82) is 0 Å². The van der Waals surface area contributed by atoms with Gasteiger partial charge in [0.15, 0.2) is 0 Å². The van der Waals surface area contributed by atoms with Gasteiger partial charge in [-0.15, -0.1) is 11.8 Å². The van der Waals surface area contributed by atoms with E-state index in [-0.39, 0.29) is 6.09 Å². The number of thioether (sulfide) groups is 1. The van der Waals surface area contributed by atoms with Crippen LogP contribution < -0.4 is 4.74 Å². The smallest absolute Gasteiger partial charge is 0.409 e. The monoisotopic (exact) mass is 310 g/mol. The van der Waals surface area contributed by atoms with Gasteiger partial charge in [-0.3, -0.25) is 0 Å². The maximum Gasteiger partial charge on any atom is 0.409 e. The van der Waals surface area contributed by atoms with Crippen LogP contribution in [-0.2, 0) is 11.3 Å². The highest BCUT2D eigenvalue weighted by molar-refractivity contribution is 7.98. The molecule has 116 valence electrons. The van der Waals surface area contributed by atoms with Crippen LogP contribution in [0.15, 0.2) is 23.1 Å². The van der Waals surface area contributed by atoms with Crippen molar-refractivity contribution in [3.63, 3.8) is 0 Å². The zero-order valence-corrected chi connectivity index (χ0v) is 13.6. The van der Waals surface area contributed by atoms with Crippen molar-refractivity contribution in [2.45, 2.75) is 11.4 Å². The van der Waals surface area contributed by atoms with Crippen molar-refractivity contribution in [2.75, 3.05) is 46.7 Å². The molecule has 0 bridgehead atoms. The number of likely N-dealkylation sites (N-methyl/N-ethyl adjacent to an activating group) is 1. The highest BCUT2D eigenvalue weighted by Crippen LogP contribution is 2.28. The van der Waals surface area contributed by atoms with Crippen LogP contribution in [0.25, 0.3) is 0 Å². The summed E-state index contributed by atoms with van der Waals surface area (Å²) in [6, 6.07) is 6.28. The van der Waals surface area contributed by atoms with E-state index < -0.39 is 0 Å². The molecule has 0 aliphatic carbocycles. The fourth-order valence-electron chi connectivity index (χ4n) is 2.29. The molecular formula is C15H22N2O3S. The Morgan fingerprint density at radius 3 is 2.90 bits per heavy atom. The summed E-state index contributed by atoms with van der Waals surface area (Å²) in [5.41, 5.74) is 1.20. The number of amides is 1. The number of cyclic esters (lactones) is 1. The largest absolute Gasteiger partial charge is 0.496 e. The van der Waals surface area contributed by atoms with E-state index in [4.69, 9.17) is 9.47 Å². The molecule has 1 aliphatic rings. The summed E-state index contributed by atoms with van der Waals surface area (Å²) in [6.45, 7) is 3.56. The molecule has 0 aromatic heterocycles. The van der Waals surface area contributed by atoms with Crippen molar-refractivity contribution >= 4 is 17.9 Å². The molecule has 1 fully saturated rings. The van der Waals surface area contributed by atoms with Crippen molar-refractivity contribution in [2.24, 2.45) is 0 Å². The van der Waals surface area contributed by atoms with Crippen LogP contribution in [0.1, 0.15) is 5.56 Å². The Morgan fingerprint density at radius 1 is 1.48 bits per heavy atom. The maximum atomic E-state index is 11.4. The van der Waals surface area contributed by atoms with E-state index in [1.54, 1.807) is 23.8 Å². The number of hydrogen-bond donors (Lipinski definition) is 0. The van der Waals surface area contributed by atoms with Gasteiger partial charge in [0.2, 0.25) is 0 Å². The van der Waals surface area contributed by atoms with Gasteiger partial charge in [0.1, 0.15) is 12.4 Å². The summed E-state index contributed by atoms with van der Waals surface area (Å²) in [7, 11) is 3.75. The first-order chi connectivity index (χ1) is 10.1. The normalized spacial score (nSPS) is 14.7. The first-order valence-electron chi connectivity index (χ1n) is 6.95. The molecule has 1 saturated heterocycles. The molecule has 0 saturated carbocycles. The predicted molar refractivity (Wildman–Crippen MR) is 84.0 cm³/mol. The molecule has 0 atom stereocenters. The Morgan fingerprint density at radius 2 is 2.29 bits per heavy atom. The van der Waals surface area contributed by atoms with Crippen molar-refractivity contribution in [1.82, 2.24) is 9.80 Å². The molecule has 1 aliphatic heterocycles. The third-order valence-corrected chi connectivity index (χ3v) is 4.27. The van der Waals surface area contributed by atoms with Crippen LogP contribution in [-0.4, -0.2) is 62.5 Å². The molecule has 1 aromatic rings. The quantitative estimate of drug-likeness (QED) is 0.723. The fourth-order valence-corrected chi connectivity index (χ4v) is 2.84. The van der Waals surface area contributed by atoms with Crippen molar-refractivity contribution in [3.8, 4) is 5.75 Å². The van der Waals surface area contributed by atoms with Crippen molar-refractivity contribution < 1.29 is 14.3 Å². The number of rotatable bonds is 7. The third-order valence-electron chi connectivity index (χ3n) is 3.50. The van der Waals surface area contributed by atoms with E-state index >= 15 is 0 Å². The lowest BCUT2D eigenvalue weighted by Crippen LogP contribution is -2.33. The number of nitrogens with zero attached hydrogens (tertiary/aromatic N) is 2. The molecule has 5 nitrogen and oxygen atoms in total. The minimum Gasteiger partial charge on any atom is -0.496 e.